The standard InChI is InChI=1S/C10H10N2O3/c11-9(10(14)15)5-1-2-7-6(3-5)4-8(13)12-7/h1-3,9H,4,11H2,(H,12,13)(H,14,15). The van der Waals surface area contributed by atoms with E-state index in [0.717, 1.165) is 11.3 Å². The topological polar surface area (TPSA) is 92.4 Å². The Kier molecular flexibility index (Phi) is 2.17. The van der Waals surface area contributed by atoms with Crippen molar-refractivity contribution in [3.8, 4) is 0 Å². The number of nitrogens with one attached hydrogen (secondary N) is 1. The normalized spacial score (nSPS) is 15.7. The molecule has 0 aliphatic carbocycles. The zero-order chi connectivity index (χ0) is 11.0. The van der Waals surface area contributed by atoms with E-state index in [4.69, 9.17) is 10.8 Å². The highest BCUT2D eigenvalue weighted by atomic mass is 16.4. The van der Waals surface area contributed by atoms with Crippen molar-refractivity contribution in [2.45, 2.75) is 12.5 Å². The number of rotatable bonds is 2. The number of carbonyl (C=O) groups is 2. The number of hydrogen-bond donors (Lipinski definition) is 3. The lowest BCUT2D eigenvalue weighted by molar-refractivity contribution is -0.138. The van der Waals surface area contributed by atoms with E-state index in [9.17, 15) is 9.59 Å². The molecule has 1 aromatic carbocycles. The van der Waals surface area contributed by atoms with E-state index in [-0.39, 0.29) is 12.3 Å². The maximum absolute atomic E-state index is 11.1. The molecule has 78 valence electrons. The monoisotopic (exact) mass is 206 g/mol. The molecule has 5 heteroatoms. The summed E-state index contributed by atoms with van der Waals surface area (Å²) in [6.07, 6.45) is 0.287. The minimum absolute atomic E-state index is 0.0777. The molecule has 1 atom stereocenters. The van der Waals surface area contributed by atoms with Gasteiger partial charge in [-0.15, -0.1) is 0 Å². The van der Waals surface area contributed by atoms with Gasteiger partial charge in [0.25, 0.3) is 0 Å². The maximum Gasteiger partial charge on any atom is 0.325 e. The van der Waals surface area contributed by atoms with Crippen LogP contribution in [0.1, 0.15) is 17.2 Å². The molecule has 1 heterocycles. The zero-order valence-corrected chi connectivity index (χ0v) is 7.86. The van der Waals surface area contributed by atoms with Crippen LogP contribution in [-0.2, 0) is 16.0 Å². The predicted molar refractivity (Wildman–Crippen MR) is 53.3 cm³/mol. The van der Waals surface area contributed by atoms with Crippen LogP contribution in [0.15, 0.2) is 18.2 Å². The molecule has 1 aromatic rings. The average Bonchev–Trinajstić information content (AvgIpc) is 2.55. The van der Waals surface area contributed by atoms with E-state index < -0.39 is 12.0 Å². The molecule has 0 saturated carbocycles. The molecule has 0 fully saturated rings. The van der Waals surface area contributed by atoms with Crippen LogP contribution in [-0.4, -0.2) is 17.0 Å². The average molecular weight is 206 g/mol. The SMILES string of the molecule is NC(C(=O)O)c1ccc2c(c1)CC(=O)N2. The number of benzene rings is 1. The van der Waals surface area contributed by atoms with Gasteiger partial charge in [-0.25, -0.2) is 0 Å². The van der Waals surface area contributed by atoms with Gasteiger partial charge in [0, 0.05) is 5.69 Å². The van der Waals surface area contributed by atoms with E-state index in [1.54, 1.807) is 18.2 Å². The third-order valence-electron chi connectivity index (χ3n) is 2.38. The lowest BCUT2D eigenvalue weighted by Crippen LogP contribution is -2.20. The second-order valence-corrected chi connectivity index (χ2v) is 3.46. The fourth-order valence-corrected chi connectivity index (χ4v) is 1.59. The summed E-state index contributed by atoms with van der Waals surface area (Å²) in [6.45, 7) is 0. The summed E-state index contributed by atoms with van der Waals surface area (Å²) in [5.41, 5.74) is 7.51. The summed E-state index contributed by atoms with van der Waals surface area (Å²) < 4.78 is 0. The first-order valence-electron chi connectivity index (χ1n) is 4.49. The second-order valence-electron chi connectivity index (χ2n) is 3.46. The Morgan fingerprint density at radius 3 is 2.93 bits per heavy atom. The van der Waals surface area contributed by atoms with Gasteiger partial charge in [-0.3, -0.25) is 9.59 Å². The summed E-state index contributed by atoms with van der Waals surface area (Å²) in [6, 6.07) is 3.92. The first-order valence-corrected chi connectivity index (χ1v) is 4.49. The van der Waals surface area contributed by atoms with Crippen LogP contribution in [0.4, 0.5) is 5.69 Å². The number of hydrogen-bond acceptors (Lipinski definition) is 3. The van der Waals surface area contributed by atoms with Gasteiger partial charge in [-0.05, 0) is 17.2 Å². The van der Waals surface area contributed by atoms with Crippen LogP contribution in [0.2, 0.25) is 0 Å². The van der Waals surface area contributed by atoms with Crippen LogP contribution in [0.3, 0.4) is 0 Å². The molecule has 0 radical (unpaired) electrons. The molecule has 0 aromatic heterocycles. The quantitative estimate of drug-likeness (QED) is 0.647. The molecule has 0 saturated heterocycles. The summed E-state index contributed by atoms with van der Waals surface area (Å²) in [5, 5.41) is 11.4. The van der Waals surface area contributed by atoms with Crippen molar-refractivity contribution in [3.63, 3.8) is 0 Å². The molecule has 1 aliphatic rings. The molecule has 4 N–H and O–H groups in total. The first kappa shape index (κ1) is 9.67. The second kappa shape index (κ2) is 3.36. The fraction of sp³-hybridized carbons (Fsp3) is 0.200. The van der Waals surface area contributed by atoms with Crippen LogP contribution < -0.4 is 11.1 Å². The third-order valence-corrected chi connectivity index (χ3v) is 2.38. The van der Waals surface area contributed by atoms with Gasteiger partial charge < -0.3 is 16.2 Å². The minimum Gasteiger partial charge on any atom is -0.480 e. The summed E-state index contributed by atoms with van der Waals surface area (Å²) >= 11 is 0. The molecule has 1 aliphatic heterocycles. The van der Waals surface area contributed by atoms with Crippen molar-refractivity contribution in [2.75, 3.05) is 5.32 Å². The van der Waals surface area contributed by atoms with Crippen molar-refractivity contribution in [3.05, 3.63) is 29.3 Å². The van der Waals surface area contributed by atoms with Crippen LogP contribution in [0.5, 0.6) is 0 Å². The number of carboxylic acids is 1. The van der Waals surface area contributed by atoms with E-state index in [1.165, 1.54) is 0 Å². The summed E-state index contributed by atoms with van der Waals surface area (Å²) in [5.74, 6) is -1.15. The Hall–Kier alpha value is -1.88. The fourth-order valence-electron chi connectivity index (χ4n) is 1.59. The molecule has 0 bridgehead atoms. The van der Waals surface area contributed by atoms with Crippen molar-refractivity contribution in [2.24, 2.45) is 5.73 Å². The first-order chi connectivity index (χ1) is 7.08. The Morgan fingerprint density at radius 2 is 2.27 bits per heavy atom. The lowest BCUT2D eigenvalue weighted by atomic mass is 10.0. The number of amides is 1. The molecule has 1 amide bonds. The van der Waals surface area contributed by atoms with Crippen LogP contribution >= 0.6 is 0 Å². The largest absolute Gasteiger partial charge is 0.480 e. The Morgan fingerprint density at radius 1 is 1.53 bits per heavy atom. The van der Waals surface area contributed by atoms with E-state index in [0.29, 0.717) is 5.56 Å². The van der Waals surface area contributed by atoms with Crippen LogP contribution in [0, 0.1) is 0 Å². The van der Waals surface area contributed by atoms with Gasteiger partial charge in [0.1, 0.15) is 6.04 Å². The van der Waals surface area contributed by atoms with E-state index in [2.05, 4.69) is 5.32 Å². The number of fused-ring (bicyclic) bond motifs is 1. The predicted octanol–water partition coefficient (Wildman–Crippen LogP) is 0.266. The van der Waals surface area contributed by atoms with Crippen molar-refractivity contribution >= 4 is 17.6 Å². The van der Waals surface area contributed by atoms with Crippen molar-refractivity contribution < 1.29 is 14.7 Å². The number of aliphatic carboxylic acids is 1. The van der Waals surface area contributed by atoms with Gasteiger partial charge in [0.15, 0.2) is 0 Å². The Balaban J connectivity index is 2.35. The lowest BCUT2D eigenvalue weighted by Gasteiger charge is -2.08. The number of anilines is 1. The highest BCUT2D eigenvalue weighted by molar-refractivity contribution is 5.99. The van der Waals surface area contributed by atoms with Crippen LogP contribution in [0.25, 0.3) is 0 Å². The van der Waals surface area contributed by atoms with Crippen molar-refractivity contribution in [1.82, 2.24) is 0 Å². The molecule has 5 nitrogen and oxygen atoms in total. The van der Waals surface area contributed by atoms with Gasteiger partial charge in [-0.1, -0.05) is 12.1 Å². The van der Waals surface area contributed by atoms with E-state index in [1.807, 2.05) is 0 Å². The number of nitrogens with two attached hydrogens (primary N) is 1. The Bertz CT molecular complexity index is 442. The van der Waals surface area contributed by atoms with Gasteiger partial charge in [0.05, 0.1) is 6.42 Å². The van der Waals surface area contributed by atoms with Crippen molar-refractivity contribution in [1.29, 1.82) is 0 Å². The number of carboxylic acid groups (broad SMARTS) is 1. The summed E-state index contributed by atoms with van der Waals surface area (Å²) in [7, 11) is 0. The number of carbonyl (C=O) groups excluding carboxylic acids is 1. The van der Waals surface area contributed by atoms with E-state index >= 15 is 0 Å². The van der Waals surface area contributed by atoms with Gasteiger partial charge >= 0.3 is 5.97 Å². The molecule has 1 unspecified atom stereocenters. The summed E-state index contributed by atoms with van der Waals surface area (Å²) in [4.78, 5) is 21.7. The molecular formula is C10H10N2O3. The Labute approximate surface area is 85.9 Å². The highest BCUT2D eigenvalue weighted by Crippen LogP contribution is 2.25. The third kappa shape index (κ3) is 1.69. The molecule has 2 rings (SSSR count). The smallest absolute Gasteiger partial charge is 0.325 e. The molecule has 15 heavy (non-hydrogen) atoms. The maximum atomic E-state index is 11.1. The highest BCUT2D eigenvalue weighted by Gasteiger charge is 2.20. The van der Waals surface area contributed by atoms with Gasteiger partial charge in [0.2, 0.25) is 5.91 Å². The van der Waals surface area contributed by atoms with Gasteiger partial charge in [-0.2, -0.15) is 0 Å². The zero-order valence-electron chi connectivity index (χ0n) is 7.86. The molecule has 0 spiro atoms. The minimum atomic E-state index is -1.08. The molecular weight excluding hydrogens is 196 g/mol.